The first-order chi connectivity index (χ1) is 20.3. The van der Waals surface area contributed by atoms with Gasteiger partial charge in [0.05, 0.1) is 25.2 Å². The molecule has 1 unspecified atom stereocenters. The maximum atomic E-state index is 16.2. The van der Waals surface area contributed by atoms with Gasteiger partial charge in [-0.1, -0.05) is 30.3 Å². The summed E-state index contributed by atoms with van der Waals surface area (Å²) in [5.41, 5.74) is 5.08. The number of imidazole rings is 1. The molecule has 234 valence electrons. The lowest BCUT2D eigenvalue weighted by molar-refractivity contribution is -0.149. The van der Waals surface area contributed by atoms with E-state index in [1.54, 1.807) is 38.1 Å². The first-order valence-electron chi connectivity index (χ1n) is 14.3. The predicted molar refractivity (Wildman–Crippen MR) is 158 cm³/mol. The van der Waals surface area contributed by atoms with E-state index >= 15 is 4.39 Å². The van der Waals surface area contributed by atoms with E-state index in [9.17, 15) is 14.5 Å². The quantitative estimate of drug-likeness (QED) is 0.200. The lowest BCUT2D eigenvalue weighted by Crippen LogP contribution is -2.41. The number of nitrogens with one attached hydrogen (secondary N) is 1. The predicted octanol–water partition coefficient (Wildman–Crippen LogP) is 3.33. The van der Waals surface area contributed by atoms with Crippen LogP contribution in [0.2, 0.25) is 0 Å². The Morgan fingerprint density at radius 3 is 2.65 bits per heavy atom. The molecule has 3 heterocycles. The summed E-state index contributed by atoms with van der Waals surface area (Å²) in [5, 5.41) is 13.8. The minimum absolute atomic E-state index is 0.00576. The largest absolute Gasteiger partial charge is 0.462 e. The van der Waals surface area contributed by atoms with Crippen LogP contribution in [0.25, 0.3) is 11.2 Å². The lowest BCUT2D eigenvalue weighted by atomic mass is 9.98. The fraction of sp³-hybridized carbons (Fsp3) is 0.571. The number of anilines is 2. The second-order valence-electron chi connectivity index (χ2n) is 11.6. The van der Waals surface area contributed by atoms with Gasteiger partial charge in [0.1, 0.15) is 18.2 Å². The van der Waals surface area contributed by atoms with E-state index in [4.69, 9.17) is 19.7 Å². The zero-order chi connectivity index (χ0) is 31.1. The number of carbonyl (C=O) groups is 1. The summed E-state index contributed by atoms with van der Waals surface area (Å²) in [6.45, 7) is 5.73. The highest BCUT2D eigenvalue weighted by atomic mass is 31.2. The molecule has 4 N–H and O–H groups in total. The fourth-order valence-electron chi connectivity index (χ4n) is 5.15. The van der Waals surface area contributed by atoms with E-state index in [1.807, 2.05) is 18.0 Å². The molecule has 2 aromatic heterocycles. The molecule has 0 radical (unpaired) electrons. The zero-order valence-corrected chi connectivity index (χ0v) is 25.8. The van der Waals surface area contributed by atoms with Crippen LogP contribution in [0.4, 0.5) is 16.2 Å². The van der Waals surface area contributed by atoms with E-state index in [0.717, 1.165) is 12.8 Å². The van der Waals surface area contributed by atoms with Gasteiger partial charge in [0, 0.05) is 13.1 Å². The van der Waals surface area contributed by atoms with Crippen LogP contribution in [0.5, 0.6) is 0 Å². The van der Waals surface area contributed by atoms with Gasteiger partial charge in [0.2, 0.25) is 5.95 Å². The van der Waals surface area contributed by atoms with Crippen molar-refractivity contribution in [1.29, 1.82) is 0 Å². The van der Waals surface area contributed by atoms with Gasteiger partial charge in [0.25, 0.3) is 7.52 Å². The Bertz CT molecular complexity index is 1500. The zero-order valence-electron chi connectivity index (χ0n) is 24.9. The summed E-state index contributed by atoms with van der Waals surface area (Å²) in [4.78, 5) is 27.6. The Kier molecular flexibility index (Phi) is 8.79. The third-order valence-electron chi connectivity index (χ3n) is 7.60. The molecule has 13 nitrogen and oxygen atoms in total. The number of nitrogens with two attached hydrogens (primary N) is 1. The van der Waals surface area contributed by atoms with Crippen LogP contribution in [0.15, 0.2) is 36.7 Å². The second-order valence-corrected chi connectivity index (χ2v) is 13.8. The Hall–Kier alpha value is -3.16. The highest BCUT2D eigenvalue weighted by Crippen LogP contribution is 2.49. The number of aliphatic hydroxyl groups is 1. The molecule has 5 rings (SSSR count). The monoisotopic (exact) mass is 619 g/mol. The Balaban J connectivity index is 1.37. The molecule has 1 saturated heterocycles. The number of hydrogen-bond donors (Lipinski definition) is 3. The number of aliphatic hydroxyl groups excluding tert-OH is 1. The summed E-state index contributed by atoms with van der Waals surface area (Å²) in [6, 6.07) is 8.30. The van der Waals surface area contributed by atoms with Crippen LogP contribution in [0.3, 0.4) is 0 Å². The number of fused-ring (bicyclic) bond motifs is 1. The van der Waals surface area contributed by atoms with E-state index in [-0.39, 0.29) is 23.9 Å². The summed E-state index contributed by atoms with van der Waals surface area (Å²) in [5.74, 6) is -0.0741. The number of rotatable bonds is 12. The van der Waals surface area contributed by atoms with Crippen molar-refractivity contribution in [1.82, 2.24) is 24.6 Å². The summed E-state index contributed by atoms with van der Waals surface area (Å²) >= 11 is 0. The normalized spacial score (nSPS) is 26.0. The topological polar surface area (TPSA) is 167 Å². The number of carbonyl (C=O) groups excluding carboxylic acids is 1. The molecule has 43 heavy (non-hydrogen) atoms. The first-order valence-corrected chi connectivity index (χ1v) is 16.1. The molecule has 0 bridgehead atoms. The van der Waals surface area contributed by atoms with Crippen LogP contribution >= 0.6 is 7.52 Å². The van der Waals surface area contributed by atoms with Crippen LogP contribution in [0.1, 0.15) is 52.3 Å². The molecule has 2 aliphatic rings. The van der Waals surface area contributed by atoms with Crippen LogP contribution in [0, 0.1) is 0 Å². The average molecular weight is 620 g/mol. The summed E-state index contributed by atoms with van der Waals surface area (Å²) in [7, 11) is -1.89. The minimum Gasteiger partial charge on any atom is -0.462 e. The Labute approximate surface area is 249 Å². The van der Waals surface area contributed by atoms with Gasteiger partial charge in [0.15, 0.2) is 28.9 Å². The van der Waals surface area contributed by atoms with Gasteiger partial charge >= 0.3 is 5.97 Å². The molecule has 0 amide bonds. The number of benzene rings is 1. The van der Waals surface area contributed by atoms with Gasteiger partial charge in [-0.25, -0.2) is 14.5 Å². The number of aromatic nitrogens is 4. The molecule has 1 aromatic carbocycles. The molecule has 1 aliphatic heterocycles. The van der Waals surface area contributed by atoms with Crippen molar-refractivity contribution in [2.45, 2.75) is 89.0 Å². The molecular formula is C28H39FN7O6P. The van der Waals surface area contributed by atoms with Gasteiger partial charge in [-0.2, -0.15) is 9.97 Å². The molecule has 0 spiro atoms. The van der Waals surface area contributed by atoms with Crippen molar-refractivity contribution in [2.75, 3.05) is 24.3 Å². The van der Waals surface area contributed by atoms with Gasteiger partial charge in [-0.15, -0.1) is 0 Å². The average Bonchev–Trinajstić information content (AvgIpc) is 3.67. The smallest absolute Gasteiger partial charge is 0.323 e. The lowest BCUT2D eigenvalue weighted by Gasteiger charge is -2.26. The number of nitrogen functional groups attached to an aromatic ring is 1. The maximum absolute atomic E-state index is 16.2. The van der Waals surface area contributed by atoms with Crippen molar-refractivity contribution >= 4 is 36.4 Å². The summed E-state index contributed by atoms with van der Waals surface area (Å²) in [6.07, 6.45) is -1.23. The molecule has 1 saturated carbocycles. The van der Waals surface area contributed by atoms with Gasteiger partial charge < -0.3 is 29.7 Å². The standard InChI is InChI=1S/C28H39FN7O6P/c1-16(2)41-25(38)17(3)34-43(39,14-18-9-7-6-8-10-18)40-13-20-22(37)28(4,29)26(42-20)36-15-31-21-23(35(5)19-11-12-19)32-27(30)33-24(21)36/h6-10,15-17,19-20,22,26,37H,11-14H2,1-5H3,(H,34,39)(H2,30,32,33)/t17-,20+,22+,26+,28+,43?/m0/s1. The Morgan fingerprint density at radius 2 is 2.00 bits per heavy atom. The first kappa shape index (κ1) is 31.3. The fourth-order valence-corrected chi connectivity index (χ4v) is 7.18. The molecule has 6 atom stereocenters. The summed E-state index contributed by atoms with van der Waals surface area (Å²) < 4.78 is 48.8. The number of ether oxygens (including phenoxy) is 2. The van der Waals surface area contributed by atoms with Crippen molar-refractivity contribution in [3.8, 4) is 0 Å². The minimum atomic E-state index is -3.79. The number of hydrogen-bond acceptors (Lipinski definition) is 11. The number of halogens is 1. The Morgan fingerprint density at radius 1 is 1.30 bits per heavy atom. The van der Waals surface area contributed by atoms with Crippen molar-refractivity contribution in [2.24, 2.45) is 0 Å². The molecule has 3 aromatic rings. The molecular weight excluding hydrogens is 580 g/mol. The highest BCUT2D eigenvalue weighted by molar-refractivity contribution is 7.56. The van der Waals surface area contributed by atoms with E-state index in [0.29, 0.717) is 22.9 Å². The van der Waals surface area contributed by atoms with Crippen LogP contribution in [-0.2, 0) is 29.5 Å². The van der Waals surface area contributed by atoms with E-state index < -0.39 is 50.2 Å². The van der Waals surface area contributed by atoms with Crippen LogP contribution in [-0.4, -0.2) is 80.3 Å². The molecule has 2 fully saturated rings. The number of nitrogens with zero attached hydrogens (tertiary/aromatic N) is 5. The molecule has 15 heteroatoms. The number of esters is 1. The van der Waals surface area contributed by atoms with Gasteiger partial charge in [-0.05, 0) is 46.1 Å². The van der Waals surface area contributed by atoms with Crippen molar-refractivity contribution in [3.63, 3.8) is 0 Å². The molecule has 1 aliphatic carbocycles. The van der Waals surface area contributed by atoms with Crippen molar-refractivity contribution in [3.05, 3.63) is 42.2 Å². The van der Waals surface area contributed by atoms with Crippen molar-refractivity contribution < 1.29 is 32.9 Å². The van der Waals surface area contributed by atoms with Gasteiger partial charge in [-0.3, -0.25) is 13.9 Å². The third kappa shape index (κ3) is 6.68. The third-order valence-corrected chi connectivity index (χ3v) is 9.72. The van der Waals surface area contributed by atoms with Crippen LogP contribution < -0.4 is 15.7 Å². The maximum Gasteiger partial charge on any atom is 0.323 e. The van der Waals surface area contributed by atoms with E-state index in [2.05, 4.69) is 20.0 Å². The highest BCUT2D eigenvalue weighted by Gasteiger charge is 2.56. The van der Waals surface area contributed by atoms with E-state index in [1.165, 1.54) is 24.7 Å². The second kappa shape index (κ2) is 12.1. The number of alkyl halides is 1. The SMILES string of the molecule is CC(C)OC(=O)[C@H](C)NP(=O)(Cc1ccccc1)OC[C@H]1O[C@@H](n2cnc3c(N(C)C4CC4)nc(N)nc32)[C@](C)(F)[C@@H]1O.